The first kappa shape index (κ1) is 14.9. The molecule has 0 fully saturated rings. The first-order valence-electron chi connectivity index (χ1n) is 5.88. The number of hydrogen-bond acceptors (Lipinski definition) is 6. The second-order valence-corrected chi connectivity index (χ2v) is 3.79. The van der Waals surface area contributed by atoms with Crippen LogP contribution in [0.15, 0.2) is 18.3 Å². The summed E-state index contributed by atoms with van der Waals surface area (Å²) in [6, 6.07) is 5.49. The molecule has 102 valence electrons. The number of nitriles is 1. The summed E-state index contributed by atoms with van der Waals surface area (Å²) in [7, 11) is 2.95. The molecule has 0 spiro atoms. The van der Waals surface area contributed by atoms with Crippen LogP contribution in [0.4, 0.5) is 5.82 Å². The van der Waals surface area contributed by atoms with Gasteiger partial charge in [0.05, 0.1) is 25.7 Å². The monoisotopic (exact) mass is 263 g/mol. The fourth-order valence-electron chi connectivity index (χ4n) is 1.59. The maximum Gasteiger partial charge on any atom is 0.307 e. The predicted octanol–water partition coefficient (Wildman–Crippen LogP) is 0.969. The molecule has 0 aliphatic carbocycles. The van der Waals surface area contributed by atoms with Crippen LogP contribution in [-0.2, 0) is 14.3 Å². The zero-order chi connectivity index (χ0) is 14.1. The van der Waals surface area contributed by atoms with Gasteiger partial charge < -0.3 is 14.4 Å². The minimum Gasteiger partial charge on any atom is -0.469 e. The zero-order valence-corrected chi connectivity index (χ0v) is 11.1. The second kappa shape index (κ2) is 8.06. The van der Waals surface area contributed by atoms with Crippen LogP contribution in [0.3, 0.4) is 0 Å². The Kier molecular flexibility index (Phi) is 6.33. The van der Waals surface area contributed by atoms with Gasteiger partial charge in [0.15, 0.2) is 0 Å². The Labute approximate surface area is 112 Å². The minimum atomic E-state index is -0.295. The zero-order valence-electron chi connectivity index (χ0n) is 11.1. The van der Waals surface area contributed by atoms with Crippen molar-refractivity contribution in [3.63, 3.8) is 0 Å². The van der Waals surface area contributed by atoms with Gasteiger partial charge in [-0.15, -0.1) is 0 Å². The summed E-state index contributed by atoms with van der Waals surface area (Å²) in [4.78, 5) is 17.3. The molecule has 0 bridgehead atoms. The van der Waals surface area contributed by atoms with E-state index in [1.54, 1.807) is 25.4 Å². The number of carbonyl (C=O) groups excluding carboxylic acids is 1. The number of esters is 1. The molecule has 1 heterocycles. The van der Waals surface area contributed by atoms with Crippen molar-refractivity contribution in [1.82, 2.24) is 4.98 Å². The van der Waals surface area contributed by atoms with Crippen LogP contribution in [0.25, 0.3) is 0 Å². The Morgan fingerprint density at radius 2 is 2.26 bits per heavy atom. The van der Waals surface area contributed by atoms with Crippen LogP contribution in [0, 0.1) is 11.3 Å². The van der Waals surface area contributed by atoms with Crippen molar-refractivity contribution >= 4 is 11.8 Å². The van der Waals surface area contributed by atoms with E-state index >= 15 is 0 Å². The number of carbonyl (C=O) groups is 1. The van der Waals surface area contributed by atoms with E-state index < -0.39 is 0 Å². The highest BCUT2D eigenvalue weighted by Gasteiger charge is 2.14. The highest BCUT2D eigenvalue weighted by Crippen LogP contribution is 2.16. The van der Waals surface area contributed by atoms with Gasteiger partial charge in [-0.2, -0.15) is 5.26 Å². The van der Waals surface area contributed by atoms with Gasteiger partial charge in [0.25, 0.3) is 0 Å². The standard InChI is InChI=1S/C13H17N3O3/c1-18-9-8-16(7-5-12(17)19-2)13-11(10-14)4-3-6-15-13/h3-4,6H,5,7-9H2,1-2H3. The Morgan fingerprint density at radius 3 is 2.89 bits per heavy atom. The summed E-state index contributed by atoms with van der Waals surface area (Å²) >= 11 is 0. The Balaban J connectivity index is 2.83. The average Bonchev–Trinajstić information content (AvgIpc) is 2.47. The number of nitrogens with zero attached hydrogens (tertiary/aromatic N) is 3. The smallest absolute Gasteiger partial charge is 0.307 e. The lowest BCUT2D eigenvalue weighted by atomic mass is 10.2. The van der Waals surface area contributed by atoms with Crippen LogP contribution in [0.2, 0.25) is 0 Å². The SMILES string of the molecule is COCCN(CCC(=O)OC)c1ncccc1C#N. The van der Waals surface area contributed by atoms with E-state index in [9.17, 15) is 4.79 Å². The number of anilines is 1. The van der Waals surface area contributed by atoms with Gasteiger partial charge in [0.2, 0.25) is 0 Å². The molecule has 0 saturated heterocycles. The predicted molar refractivity (Wildman–Crippen MR) is 69.7 cm³/mol. The molecule has 1 rings (SSSR count). The lowest BCUT2D eigenvalue weighted by molar-refractivity contribution is -0.140. The molecule has 0 aromatic carbocycles. The third-order valence-corrected chi connectivity index (χ3v) is 2.59. The summed E-state index contributed by atoms with van der Waals surface area (Å²) in [5.74, 6) is 0.266. The Hall–Kier alpha value is -2.13. The molecule has 0 N–H and O–H groups in total. The molecule has 19 heavy (non-hydrogen) atoms. The molecular formula is C13H17N3O3. The topological polar surface area (TPSA) is 75.4 Å². The summed E-state index contributed by atoms with van der Waals surface area (Å²) in [6.07, 6.45) is 1.86. The number of methoxy groups -OCH3 is 2. The van der Waals surface area contributed by atoms with Gasteiger partial charge >= 0.3 is 5.97 Å². The first-order chi connectivity index (χ1) is 9.22. The van der Waals surface area contributed by atoms with E-state index in [1.807, 2.05) is 4.90 Å². The van der Waals surface area contributed by atoms with Crippen molar-refractivity contribution in [3.05, 3.63) is 23.9 Å². The highest BCUT2D eigenvalue weighted by molar-refractivity contribution is 5.70. The molecule has 6 nitrogen and oxygen atoms in total. The van der Waals surface area contributed by atoms with Gasteiger partial charge in [-0.1, -0.05) is 0 Å². The quantitative estimate of drug-likeness (QED) is 0.682. The van der Waals surface area contributed by atoms with Crippen molar-refractivity contribution in [2.24, 2.45) is 0 Å². The molecule has 0 aliphatic rings. The Bertz CT molecular complexity index is 457. The van der Waals surface area contributed by atoms with Crippen LogP contribution >= 0.6 is 0 Å². The fourth-order valence-corrected chi connectivity index (χ4v) is 1.59. The molecule has 1 aromatic rings. The summed E-state index contributed by atoms with van der Waals surface area (Å²) < 4.78 is 9.65. The van der Waals surface area contributed by atoms with E-state index in [4.69, 9.17) is 10.00 Å². The summed E-state index contributed by atoms with van der Waals surface area (Å²) in [5.41, 5.74) is 0.475. The molecule has 0 atom stereocenters. The van der Waals surface area contributed by atoms with Crippen molar-refractivity contribution < 1.29 is 14.3 Å². The molecule has 1 aromatic heterocycles. The van der Waals surface area contributed by atoms with Crippen molar-refractivity contribution in [2.75, 3.05) is 38.8 Å². The number of rotatable bonds is 7. The molecule has 0 amide bonds. The van der Waals surface area contributed by atoms with E-state index in [1.165, 1.54) is 7.11 Å². The third-order valence-electron chi connectivity index (χ3n) is 2.59. The molecule has 0 radical (unpaired) electrons. The summed E-state index contributed by atoms with van der Waals surface area (Å²) in [5, 5.41) is 9.08. The fraction of sp³-hybridized carbons (Fsp3) is 0.462. The van der Waals surface area contributed by atoms with Gasteiger partial charge in [0.1, 0.15) is 11.9 Å². The maximum absolute atomic E-state index is 11.2. The van der Waals surface area contributed by atoms with Gasteiger partial charge in [0, 0.05) is 26.4 Å². The van der Waals surface area contributed by atoms with Crippen LogP contribution < -0.4 is 4.90 Å². The van der Waals surface area contributed by atoms with Crippen LogP contribution in [0.5, 0.6) is 0 Å². The highest BCUT2D eigenvalue weighted by atomic mass is 16.5. The van der Waals surface area contributed by atoms with Gasteiger partial charge in [-0.25, -0.2) is 4.98 Å². The average molecular weight is 263 g/mol. The van der Waals surface area contributed by atoms with Crippen LogP contribution in [0.1, 0.15) is 12.0 Å². The number of hydrogen-bond donors (Lipinski definition) is 0. The largest absolute Gasteiger partial charge is 0.469 e. The lowest BCUT2D eigenvalue weighted by Gasteiger charge is -2.23. The molecular weight excluding hydrogens is 246 g/mol. The number of ether oxygens (including phenoxy) is 2. The van der Waals surface area contributed by atoms with Crippen molar-refractivity contribution in [1.29, 1.82) is 5.26 Å². The Morgan fingerprint density at radius 1 is 1.47 bits per heavy atom. The summed E-state index contributed by atoms with van der Waals surface area (Å²) in [6.45, 7) is 1.48. The van der Waals surface area contributed by atoms with E-state index in [0.717, 1.165) is 0 Å². The van der Waals surface area contributed by atoms with Crippen molar-refractivity contribution in [3.8, 4) is 6.07 Å². The lowest BCUT2D eigenvalue weighted by Crippen LogP contribution is -2.31. The van der Waals surface area contributed by atoms with E-state index in [0.29, 0.717) is 31.1 Å². The molecule has 6 heteroatoms. The third kappa shape index (κ3) is 4.56. The first-order valence-corrected chi connectivity index (χ1v) is 5.88. The van der Waals surface area contributed by atoms with E-state index in [2.05, 4.69) is 15.8 Å². The van der Waals surface area contributed by atoms with Crippen LogP contribution in [-0.4, -0.2) is 44.9 Å². The number of aromatic nitrogens is 1. The second-order valence-electron chi connectivity index (χ2n) is 3.79. The van der Waals surface area contributed by atoms with Gasteiger partial charge in [-0.3, -0.25) is 4.79 Å². The van der Waals surface area contributed by atoms with Gasteiger partial charge in [-0.05, 0) is 12.1 Å². The number of pyridine rings is 1. The minimum absolute atomic E-state index is 0.238. The van der Waals surface area contributed by atoms with Crippen molar-refractivity contribution in [2.45, 2.75) is 6.42 Å². The molecule has 0 saturated carbocycles. The van der Waals surface area contributed by atoms with E-state index in [-0.39, 0.29) is 12.4 Å². The molecule has 0 aliphatic heterocycles. The normalized spacial score (nSPS) is 9.74. The maximum atomic E-state index is 11.2. The molecule has 0 unspecified atom stereocenters.